The number of hydrogen-bond acceptors (Lipinski definition) is 5. The molecule has 1 amide bonds. The van der Waals surface area contributed by atoms with Crippen LogP contribution in [-0.4, -0.2) is 44.6 Å². The summed E-state index contributed by atoms with van der Waals surface area (Å²) < 4.78 is 5.15. The molecule has 0 aliphatic rings. The van der Waals surface area contributed by atoms with Crippen LogP contribution in [-0.2, 0) is 0 Å². The number of hydrogen-bond donors (Lipinski definition) is 2. The molecule has 0 saturated heterocycles. The van der Waals surface area contributed by atoms with Crippen LogP contribution < -0.4 is 15.8 Å². The molecule has 0 heterocycles. The first kappa shape index (κ1) is 14.8. The van der Waals surface area contributed by atoms with E-state index in [0.29, 0.717) is 23.5 Å². The molecule has 0 spiro atoms. The fraction of sp³-hybridized carbons (Fsp3) is 0.385. The van der Waals surface area contributed by atoms with Gasteiger partial charge in [0.05, 0.1) is 5.69 Å². The van der Waals surface area contributed by atoms with Gasteiger partial charge in [-0.2, -0.15) is 5.26 Å². The highest BCUT2D eigenvalue weighted by atomic mass is 16.5. The maximum absolute atomic E-state index is 11.9. The lowest BCUT2D eigenvalue weighted by atomic mass is 10.2. The van der Waals surface area contributed by atoms with Gasteiger partial charge in [0.2, 0.25) is 0 Å². The first-order chi connectivity index (χ1) is 9.04. The molecule has 0 atom stereocenters. The molecule has 1 aromatic carbocycles. The van der Waals surface area contributed by atoms with E-state index < -0.39 is 0 Å². The Labute approximate surface area is 112 Å². The van der Waals surface area contributed by atoms with Crippen LogP contribution in [0.1, 0.15) is 10.4 Å². The normalized spacial score (nSPS) is 10.0. The highest BCUT2D eigenvalue weighted by Gasteiger charge is 2.09. The molecule has 3 N–H and O–H groups in total. The van der Waals surface area contributed by atoms with Crippen molar-refractivity contribution in [3.8, 4) is 11.8 Å². The summed E-state index contributed by atoms with van der Waals surface area (Å²) in [5.41, 5.74) is 6.56. The quantitative estimate of drug-likeness (QED) is 0.727. The minimum absolute atomic E-state index is 0.101. The number of benzene rings is 1. The van der Waals surface area contributed by atoms with Crippen molar-refractivity contribution in [2.24, 2.45) is 0 Å². The van der Waals surface area contributed by atoms with Gasteiger partial charge in [-0.3, -0.25) is 4.79 Å². The Morgan fingerprint density at radius 3 is 2.89 bits per heavy atom. The van der Waals surface area contributed by atoms with Crippen molar-refractivity contribution < 1.29 is 9.53 Å². The lowest BCUT2D eigenvalue weighted by molar-refractivity contribution is 0.0950. The second-order valence-corrected chi connectivity index (χ2v) is 4.26. The molecular weight excluding hydrogens is 244 g/mol. The standard InChI is InChI=1S/C13H18N4O2/c1-17(2)7-6-16-13(18)10-3-4-11(15)12(9-10)19-8-5-14/h3-4,9H,6-8,15H2,1-2H3,(H,16,18). The molecular formula is C13H18N4O2. The van der Waals surface area contributed by atoms with Gasteiger partial charge in [0.25, 0.3) is 5.91 Å². The lowest BCUT2D eigenvalue weighted by Gasteiger charge is -2.11. The summed E-state index contributed by atoms with van der Waals surface area (Å²) in [4.78, 5) is 13.8. The molecule has 0 unspecified atom stereocenters. The predicted octanol–water partition coefficient (Wildman–Crippen LogP) is 0.463. The third-order valence-corrected chi connectivity index (χ3v) is 2.41. The molecule has 0 aliphatic carbocycles. The van der Waals surface area contributed by atoms with Gasteiger partial charge in [0.15, 0.2) is 6.61 Å². The van der Waals surface area contributed by atoms with Gasteiger partial charge in [0.1, 0.15) is 11.8 Å². The molecule has 0 bridgehead atoms. The highest BCUT2D eigenvalue weighted by Crippen LogP contribution is 2.22. The Balaban J connectivity index is 2.67. The van der Waals surface area contributed by atoms with E-state index in [1.54, 1.807) is 12.1 Å². The van der Waals surface area contributed by atoms with Crippen LogP contribution in [0, 0.1) is 11.3 Å². The second kappa shape index (κ2) is 7.24. The van der Waals surface area contributed by atoms with Crippen LogP contribution in [0.25, 0.3) is 0 Å². The van der Waals surface area contributed by atoms with Gasteiger partial charge in [-0.15, -0.1) is 0 Å². The van der Waals surface area contributed by atoms with E-state index in [-0.39, 0.29) is 12.5 Å². The van der Waals surface area contributed by atoms with Crippen molar-refractivity contribution in [3.63, 3.8) is 0 Å². The SMILES string of the molecule is CN(C)CCNC(=O)c1ccc(N)c(OCC#N)c1. The van der Waals surface area contributed by atoms with Gasteiger partial charge in [-0.1, -0.05) is 0 Å². The van der Waals surface area contributed by atoms with E-state index in [1.165, 1.54) is 6.07 Å². The number of likely N-dealkylation sites (N-methyl/N-ethyl adjacent to an activating group) is 1. The number of anilines is 1. The fourth-order valence-electron chi connectivity index (χ4n) is 1.41. The Bertz CT molecular complexity index is 480. The number of nitriles is 1. The van der Waals surface area contributed by atoms with Crippen molar-refractivity contribution in [2.75, 3.05) is 39.5 Å². The molecule has 0 saturated carbocycles. The van der Waals surface area contributed by atoms with E-state index in [2.05, 4.69) is 5.32 Å². The number of nitrogens with two attached hydrogens (primary N) is 1. The van der Waals surface area contributed by atoms with Crippen molar-refractivity contribution in [1.29, 1.82) is 5.26 Å². The molecule has 6 nitrogen and oxygen atoms in total. The topological polar surface area (TPSA) is 91.4 Å². The van der Waals surface area contributed by atoms with Gasteiger partial charge in [-0.05, 0) is 32.3 Å². The van der Waals surface area contributed by atoms with Gasteiger partial charge in [0, 0.05) is 18.7 Å². The van der Waals surface area contributed by atoms with E-state index in [0.717, 1.165) is 6.54 Å². The molecule has 102 valence electrons. The molecule has 0 fully saturated rings. The van der Waals surface area contributed by atoms with E-state index in [9.17, 15) is 4.79 Å². The Morgan fingerprint density at radius 2 is 2.26 bits per heavy atom. The largest absolute Gasteiger partial charge is 0.477 e. The van der Waals surface area contributed by atoms with E-state index >= 15 is 0 Å². The number of nitrogens with one attached hydrogen (secondary N) is 1. The maximum Gasteiger partial charge on any atom is 0.251 e. The molecule has 0 aliphatic heterocycles. The number of carbonyl (C=O) groups is 1. The summed E-state index contributed by atoms with van der Waals surface area (Å²) in [5.74, 6) is 0.158. The summed E-state index contributed by atoms with van der Waals surface area (Å²) in [6, 6.07) is 6.61. The molecule has 6 heteroatoms. The van der Waals surface area contributed by atoms with Gasteiger partial charge >= 0.3 is 0 Å². The minimum Gasteiger partial charge on any atom is -0.477 e. The summed E-state index contributed by atoms with van der Waals surface area (Å²) in [5, 5.41) is 11.3. The molecule has 19 heavy (non-hydrogen) atoms. The average Bonchev–Trinajstić information content (AvgIpc) is 2.37. The van der Waals surface area contributed by atoms with Crippen LogP contribution in [0.4, 0.5) is 5.69 Å². The number of rotatable bonds is 6. The van der Waals surface area contributed by atoms with Crippen LogP contribution in [0.3, 0.4) is 0 Å². The zero-order valence-electron chi connectivity index (χ0n) is 11.1. The Kier molecular flexibility index (Phi) is 5.64. The Hall–Kier alpha value is -2.26. The van der Waals surface area contributed by atoms with Gasteiger partial charge < -0.3 is 20.7 Å². The Morgan fingerprint density at radius 1 is 1.53 bits per heavy atom. The third-order valence-electron chi connectivity index (χ3n) is 2.41. The minimum atomic E-state index is -0.191. The van der Waals surface area contributed by atoms with Crippen molar-refractivity contribution in [2.45, 2.75) is 0 Å². The van der Waals surface area contributed by atoms with E-state index in [1.807, 2.05) is 25.1 Å². The van der Waals surface area contributed by atoms with Crippen LogP contribution in [0.15, 0.2) is 18.2 Å². The van der Waals surface area contributed by atoms with Crippen molar-refractivity contribution in [3.05, 3.63) is 23.8 Å². The third kappa shape index (κ3) is 4.85. The average molecular weight is 262 g/mol. The van der Waals surface area contributed by atoms with Crippen LogP contribution in [0.5, 0.6) is 5.75 Å². The van der Waals surface area contributed by atoms with E-state index in [4.69, 9.17) is 15.7 Å². The van der Waals surface area contributed by atoms with Crippen molar-refractivity contribution in [1.82, 2.24) is 10.2 Å². The second-order valence-electron chi connectivity index (χ2n) is 4.26. The fourth-order valence-corrected chi connectivity index (χ4v) is 1.41. The number of ether oxygens (including phenoxy) is 1. The maximum atomic E-state index is 11.9. The van der Waals surface area contributed by atoms with Crippen LogP contribution >= 0.6 is 0 Å². The molecule has 1 aromatic rings. The monoisotopic (exact) mass is 262 g/mol. The zero-order chi connectivity index (χ0) is 14.3. The summed E-state index contributed by atoms with van der Waals surface area (Å²) in [7, 11) is 3.87. The smallest absolute Gasteiger partial charge is 0.251 e. The number of amides is 1. The summed E-state index contributed by atoms with van der Waals surface area (Å²) in [6.45, 7) is 1.22. The van der Waals surface area contributed by atoms with Gasteiger partial charge in [-0.25, -0.2) is 0 Å². The zero-order valence-corrected chi connectivity index (χ0v) is 11.1. The highest BCUT2D eigenvalue weighted by molar-refractivity contribution is 5.95. The molecule has 0 radical (unpaired) electrons. The summed E-state index contributed by atoms with van der Waals surface area (Å²) >= 11 is 0. The molecule has 0 aromatic heterocycles. The number of carbonyl (C=O) groups excluding carboxylic acids is 1. The first-order valence-electron chi connectivity index (χ1n) is 5.87. The summed E-state index contributed by atoms with van der Waals surface area (Å²) in [6.07, 6.45) is 0. The van der Waals surface area contributed by atoms with Crippen molar-refractivity contribution >= 4 is 11.6 Å². The number of nitrogens with zero attached hydrogens (tertiary/aromatic N) is 2. The first-order valence-corrected chi connectivity index (χ1v) is 5.87. The number of nitrogen functional groups attached to an aromatic ring is 1. The predicted molar refractivity (Wildman–Crippen MR) is 72.8 cm³/mol. The van der Waals surface area contributed by atoms with Crippen LogP contribution in [0.2, 0.25) is 0 Å². The lowest BCUT2D eigenvalue weighted by Crippen LogP contribution is -2.31. The molecule has 1 rings (SSSR count).